The summed E-state index contributed by atoms with van der Waals surface area (Å²) in [6, 6.07) is 8.65. The summed E-state index contributed by atoms with van der Waals surface area (Å²) in [7, 11) is 0. The second-order valence-electron chi connectivity index (χ2n) is 4.21. The zero-order chi connectivity index (χ0) is 15.5. The molecule has 0 unspecified atom stereocenters. The first kappa shape index (κ1) is 16.5. The van der Waals surface area contributed by atoms with Gasteiger partial charge in [-0.2, -0.15) is 0 Å². The molecule has 1 aromatic rings. The number of aliphatic carboxylic acids is 1. The van der Waals surface area contributed by atoms with Gasteiger partial charge in [-0.3, -0.25) is 14.9 Å². The van der Waals surface area contributed by atoms with Crippen molar-refractivity contribution in [3.63, 3.8) is 0 Å². The number of carboxylic acids is 1. The number of imide groups is 1. The van der Waals surface area contributed by atoms with Crippen molar-refractivity contribution < 1.29 is 24.2 Å². The number of rotatable bonds is 8. The van der Waals surface area contributed by atoms with E-state index in [0.29, 0.717) is 19.6 Å². The summed E-state index contributed by atoms with van der Waals surface area (Å²) in [6.45, 7) is 0.794. The van der Waals surface area contributed by atoms with Crippen molar-refractivity contribution in [2.75, 3.05) is 13.2 Å². The van der Waals surface area contributed by atoms with Crippen LogP contribution in [0.15, 0.2) is 30.3 Å². The smallest absolute Gasteiger partial charge is 0.321 e. The largest absolute Gasteiger partial charge is 0.494 e. The SMILES string of the molecule is O=C(O)CCC(=O)NC(=O)NCCCOc1ccccc1. The molecule has 0 heterocycles. The Kier molecular flexibility index (Phi) is 7.34. The molecule has 0 aromatic heterocycles. The molecule has 114 valence electrons. The Morgan fingerprint density at radius 1 is 1.10 bits per heavy atom. The number of amides is 3. The van der Waals surface area contributed by atoms with Crippen LogP contribution in [0.25, 0.3) is 0 Å². The molecule has 0 saturated heterocycles. The second kappa shape index (κ2) is 9.35. The number of carboxylic acid groups (broad SMARTS) is 1. The lowest BCUT2D eigenvalue weighted by molar-refractivity contribution is -0.138. The number of carbonyl (C=O) groups excluding carboxylic acids is 2. The Balaban J connectivity index is 2.05. The maximum Gasteiger partial charge on any atom is 0.321 e. The molecule has 0 aliphatic carbocycles. The molecule has 1 aromatic carbocycles. The average molecular weight is 294 g/mol. The molecule has 0 radical (unpaired) electrons. The first-order valence-corrected chi connectivity index (χ1v) is 6.55. The molecule has 3 N–H and O–H groups in total. The third kappa shape index (κ3) is 8.25. The van der Waals surface area contributed by atoms with Crippen LogP contribution in [0.4, 0.5) is 4.79 Å². The zero-order valence-electron chi connectivity index (χ0n) is 11.5. The van der Waals surface area contributed by atoms with Crippen LogP contribution in [0.1, 0.15) is 19.3 Å². The topological polar surface area (TPSA) is 105 Å². The van der Waals surface area contributed by atoms with Gasteiger partial charge in [-0.1, -0.05) is 18.2 Å². The van der Waals surface area contributed by atoms with Crippen molar-refractivity contribution in [2.24, 2.45) is 0 Å². The second-order valence-corrected chi connectivity index (χ2v) is 4.21. The summed E-state index contributed by atoms with van der Waals surface area (Å²) in [5.41, 5.74) is 0. The summed E-state index contributed by atoms with van der Waals surface area (Å²) < 4.78 is 5.43. The van der Waals surface area contributed by atoms with E-state index in [1.54, 1.807) is 0 Å². The van der Waals surface area contributed by atoms with E-state index < -0.39 is 17.9 Å². The van der Waals surface area contributed by atoms with Crippen molar-refractivity contribution in [1.29, 1.82) is 0 Å². The molecule has 0 saturated carbocycles. The molecular weight excluding hydrogens is 276 g/mol. The lowest BCUT2D eigenvalue weighted by Crippen LogP contribution is -2.40. The van der Waals surface area contributed by atoms with Crippen LogP contribution in [-0.4, -0.2) is 36.2 Å². The van der Waals surface area contributed by atoms with Gasteiger partial charge in [0.1, 0.15) is 5.75 Å². The maximum absolute atomic E-state index is 11.3. The number of hydrogen-bond acceptors (Lipinski definition) is 4. The Labute approximate surface area is 122 Å². The fourth-order valence-electron chi connectivity index (χ4n) is 1.43. The van der Waals surface area contributed by atoms with E-state index in [-0.39, 0.29) is 12.8 Å². The molecule has 0 atom stereocenters. The molecule has 7 nitrogen and oxygen atoms in total. The molecule has 0 aliphatic rings. The standard InChI is InChI=1S/C14H18N2O5/c17-12(7-8-13(18)19)16-14(20)15-9-4-10-21-11-5-2-1-3-6-11/h1-3,5-6H,4,7-10H2,(H,18,19)(H2,15,16,17,20). The lowest BCUT2D eigenvalue weighted by Gasteiger charge is -2.07. The van der Waals surface area contributed by atoms with E-state index in [0.717, 1.165) is 5.75 Å². The average Bonchev–Trinajstić information content (AvgIpc) is 2.46. The zero-order valence-corrected chi connectivity index (χ0v) is 11.5. The monoisotopic (exact) mass is 294 g/mol. The third-order valence-corrected chi connectivity index (χ3v) is 2.44. The fourth-order valence-corrected chi connectivity index (χ4v) is 1.43. The quantitative estimate of drug-likeness (QED) is 0.624. The Morgan fingerprint density at radius 2 is 1.81 bits per heavy atom. The Morgan fingerprint density at radius 3 is 2.48 bits per heavy atom. The van der Waals surface area contributed by atoms with E-state index in [9.17, 15) is 14.4 Å². The number of hydrogen-bond donors (Lipinski definition) is 3. The van der Waals surface area contributed by atoms with Gasteiger partial charge in [0, 0.05) is 13.0 Å². The Bertz CT molecular complexity index is 476. The number of urea groups is 1. The fraction of sp³-hybridized carbons (Fsp3) is 0.357. The molecule has 0 spiro atoms. The first-order valence-electron chi connectivity index (χ1n) is 6.55. The molecule has 1 rings (SSSR count). The highest BCUT2D eigenvalue weighted by atomic mass is 16.5. The molecule has 21 heavy (non-hydrogen) atoms. The van der Waals surface area contributed by atoms with Crippen LogP contribution in [0.3, 0.4) is 0 Å². The van der Waals surface area contributed by atoms with Crippen LogP contribution in [0.2, 0.25) is 0 Å². The van der Waals surface area contributed by atoms with E-state index >= 15 is 0 Å². The van der Waals surface area contributed by atoms with Crippen LogP contribution in [-0.2, 0) is 9.59 Å². The summed E-state index contributed by atoms with van der Waals surface area (Å²) in [4.78, 5) is 32.7. The van der Waals surface area contributed by atoms with E-state index in [2.05, 4.69) is 10.6 Å². The maximum atomic E-state index is 11.3. The normalized spacial score (nSPS) is 9.71. The van der Waals surface area contributed by atoms with Crippen LogP contribution in [0, 0.1) is 0 Å². The van der Waals surface area contributed by atoms with Crippen molar-refractivity contribution in [2.45, 2.75) is 19.3 Å². The van der Waals surface area contributed by atoms with Gasteiger partial charge < -0.3 is 15.2 Å². The van der Waals surface area contributed by atoms with E-state index in [4.69, 9.17) is 9.84 Å². The minimum atomic E-state index is -1.08. The van der Waals surface area contributed by atoms with Crippen LogP contribution >= 0.6 is 0 Å². The third-order valence-electron chi connectivity index (χ3n) is 2.44. The molecule has 0 aliphatic heterocycles. The number of benzene rings is 1. The lowest BCUT2D eigenvalue weighted by atomic mass is 10.3. The summed E-state index contributed by atoms with van der Waals surface area (Å²) in [6.07, 6.45) is 0.0650. The minimum Gasteiger partial charge on any atom is -0.494 e. The highest BCUT2D eigenvalue weighted by Gasteiger charge is 2.08. The predicted molar refractivity (Wildman–Crippen MR) is 75.0 cm³/mol. The van der Waals surface area contributed by atoms with Crippen molar-refractivity contribution in [3.8, 4) is 5.75 Å². The van der Waals surface area contributed by atoms with Gasteiger partial charge in [0.15, 0.2) is 0 Å². The van der Waals surface area contributed by atoms with Crippen molar-refractivity contribution in [3.05, 3.63) is 30.3 Å². The highest BCUT2D eigenvalue weighted by Crippen LogP contribution is 2.07. The van der Waals surface area contributed by atoms with Gasteiger partial charge in [-0.15, -0.1) is 0 Å². The van der Waals surface area contributed by atoms with Crippen LogP contribution < -0.4 is 15.4 Å². The van der Waals surface area contributed by atoms with Gasteiger partial charge in [-0.05, 0) is 18.6 Å². The molecule has 0 fully saturated rings. The molecule has 3 amide bonds. The predicted octanol–water partition coefficient (Wildman–Crippen LogP) is 1.15. The number of ether oxygens (including phenoxy) is 1. The van der Waals surface area contributed by atoms with E-state index in [1.807, 2.05) is 30.3 Å². The molecule has 0 bridgehead atoms. The Hall–Kier alpha value is -2.57. The van der Waals surface area contributed by atoms with E-state index in [1.165, 1.54) is 0 Å². The van der Waals surface area contributed by atoms with Gasteiger partial charge in [0.25, 0.3) is 0 Å². The number of para-hydroxylation sites is 1. The van der Waals surface area contributed by atoms with Crippen molar-refractivity contribution in [1.82, 2.24) is 10.6 Å². The van der Waals surface area contributed by atoms with Crippen molar-refractivity contribution >= 4 is 17.9 Å². The van der Waals surface area contributed by atoms with Gasteiger partial charge >= 0.3 is 12.0 Å². The first-order chi connectivity index (χ1) is 10.1. The van der Waals surface area contributed by atoms with Gasteiger partial charge in [0.05, 0.1) is 13.0 Å². The number of nitrogens with one attached hydrogen (secondary N) is 2. The number of carbonyl (C=O) groups is 3. The highest BCUT2D eigenvalue weighted by molar-refractivity contribution is 5.95. The summed E-state index contributed by atoms with van der Waals surface area (Å²) >= 11 is 0. The van der Waals surface area contributed by atoms with Gasteiger partial charge in [-0.25, -0.2) is 4.79 Å². The molecular formula is C14H18N2O5. The van der Waals surface area contributed by atoms with Crippen LogP contribution in [0.5, 0.6) is 5.75 Å². The summed E-state index contributed by atoms with van der Waals surface area (Å²) in [5, 5.41) is 12.9. The minimum absolute atomic E-state index is 0.222. The molecule has 7 heteroatoms. The van der Waals surface area contributed by atoms with Gasteiger partial charge in [0.2, 0.25) is 5.91 Å². The summed E-state index contributed by atoms with van der Waals surface area (Å²) in [5.74, 6) is -0.940.